The Kier molecular flexibility index (Phi) is 4.53. The van der Waals surface area contributed by atoms with Crippen molar-refractivity contribution in [1.82, 2.24) is 14.9 Å². The summed E-state index contributed by atoms with van der Waals surface area (Å²) in [6.45, 7) is -0.398. The van der Waals surface area contributed by atoms with Crippen molar-refractivity contribution in [3.05, 3.63) is 41.6 Å². The Morgan fingerprint density at radius 2 is 1.81 bits per heavy atom. The van der Waals surface area contributed by atoms with Crippen molar-refractivity contribution in [2.45, 2.75) is 0 Å². The highest BCUT2D eigenvalue weighted by Crippen LogP contribution is 2.24. The number of imide groups is 1. The van der Waals surface area contributed by atoms with E-state index in [0.717, 1.165) is 4.90 Å². The largest absolute Gasteiger partial charge is 0.467 e. The molecule has 1 aromatic heterocycles. The number of fused-ring (bicyclic) bond motifs is 1. The normalized spacial score (nSPS) is 12.8. The second-order valence-corrected chi connectivity index (χ2v) is 5.78. The molecule has 3 rings (SSSR count). The lowest BCUT2D eigenvalue weighted by atomic mass is 10.1. The third kappa shape index (κ3) is 3.06. The number of hydrogen-bond donors (Lipinski definition) is 1. The minimum absolute atomic E-state index is 0.159. The topological polar surface area (TPSA) is 105 Å². The van der Waals surface area contributed by atoms with Crippen molar-refractivity contribution in [1.29, 1.82) is 0 Å². The second kappa shape index (κ2) is 6.79. The number of anilines is 2. The highest BCUT2D eigenvalue weighted by Gasteiger charge is 2.36. The summed E-state index contributed by atoms with van der Waals surface area (Å²) >= 11 is 0. The van der Waals surface area contributed by atoms with Gasteiger partial charge < -0.3 is 15.0 Å². The summed E-state index contributed by atoms with van der Waals surface area (Å²) in [6, 6.07) is 6.63. The van der Waals surface area contributed by atoms with E-state index in [0.29, 0.717) is 22.6 Å². The predicted octanol–water partition coefficient (Wildman–Crippen LogP) is 0.786. The van der Waals surface area contributed by atoms with Gasteiger partial charge in [0.2, 0.25) is 5.91 Å². The molecule has 0 unspecified atom stereocenters. The van der Waals surface area contributed by atoms with Crippen LogP contribution in [0.4, 0.5) is 11.5 Å². The molecule has 1 aliphatic rings. The molecule has 0 spiro atoms. The number of benzene rings is 1. The molecule has 134 valence electrons. The predicted molar refractivity (Wildman–Crippen MR) is 93.3 cm³/mol. The number of rotatable bonds is 5. The Bertz CT molecular complexity index is 861. The van der Waals surface area contributed by atoms with Crippen LogP contribution in [0.15, 0.2) is 30.5 Å². The molecular weight excluding hydrogens is 338 g/mol. The van der Waals surface area contributed by atoms with E-state index in [4.69, 9.17) is 4.74 Å². The molecule has 9 heteroatoms. The first-order valence-electron chi connectivity index (χ1n) is 7.75. The van der Waals surface area contributed by atoms with Crippen LogP contribution < -0.4 is 15.0 Å². The van der Waals surface area contributed by atoms with Gasteiger partial charge in [-0.15, -0.1) is 0 Å². The van der Waals surface area contributed by atoms with Crippen LogP contribution in [0.5, 0.6) is 6.01 Å². The van der Waals surface area contributed by atoms with Crippen LogP contribution in [0.1, 0.15) is 20.7 Å². The Morgan fingerprint density at radius 1 is 1.19 bits per heavy atom. The Balaban J connectivity index is 1.77. The van der Waals surface area contributed by atoms with Gasteiger partial charge in [-0.2, -0.15) is 4.98 Å². The zero-order chi connectivity index (χ0) is 18.8. The van der Waals surface area contributed by atoms with Gasteiger partial charge in [-0.3, -0.25) is 19.3 Å². The zero-order valence-electron chi connectivity index (χ0n) is 14.5. The van der Waals surface area contributed by atoms with Gasteiger partial charge in [-0.05, 0) is 12.1 Å². The molecule has 0 radical (unpaired) electrons. The minimum atomic E-state index is -0.531. The molecule has 1 N–H and O–H groups in total. The van der Waals surface area contributed by atoms with Crippen molar-refractivity contribution in [3.63, 3.8) is 0 Å². The number of ether oxygens (including phenoxy) is 1. The lowest BCUT2D eigenvalue weighted by Crippen LogP contribution is -2.37. The maximum Gasteiger partial charge on any atom is 0.318 e. The number of nitrogens with one attached hydrogen (secondary N) is 1. The maximum atomic E-state index is 12.4. The molecular formula is C17H17N5O4. The second-order valence-electron chi connectivity index (χ2n) is 5.78. The fourth-order valence-electron chi connectivity index (χ4n) is 2.60. The Hall–Kier alpha value is -3.49. The van der Waals surface area contributed by atoms with Crippen molar-refractivity contribution >= 4 is 29.2 Å². The Morgan fingerprint density at radius 3 is 2.35 bits per heavy atom. The van der Waals surface area contributed by atoms with Gasteiger partial charge in [0.25, 0.3) is 11.8 Å². The summed E-state index contributed by atoms with van der Waals surface area (Å²) in [5.41, 5.74) is 0.941. The number of aromatic nitrogens is 2. The highest BCUT2D eigenvalue weighted by molar-refractivity contribution is 6.22. The third-order valence-corrected chi connectivity index (χ3v) is 3.81. The van der Waals surface area contributed by atoms with Gasteiger partial charge >= 0.3 is 6.01 Å². The molecule has 1 aromatic carbocycles. The summed E-state index contributed by atoms with van der Waals surface area (Å²) in [7, 11) is 4.94. The minimum Gasteiger partial charge on any atom is -0.467 e. The van der Waals surface area contributed by atoms with E-state index in [9.17, 15) is 14.4 Å². The quantitative estimate of drug-likeness (QED) is 0.791. The smallest absolute Gasteiger partial charge is 0.318 e. The molecule has 0 fully saturated rings. The van der Waals surface area contributed by atoms with Crippen molar-refractivity contribution in [2.24, 2.45) is 0 Å². The molecule has 9 nitrogen and oxygen atoms in total. The molecule has 0 atom stereocenters. The first-order chi connectivity index (χ1) is 12.4. The molecule has 3 amide bonds. The zero-order valence-corrected chi connectivity index (χ0v) is 14.5. The van der Waals surface area contributed by atoms with E-state index in [1.807, 2.05) is 0 Å². The molecule has 1 aliphatic heterocycles. The lowest BCUT2D eigenvalue weighted by molar-refractivity contribution is -0.116. The lowest BCUT2D eigenvalue weighted by Gasteiger charge is -2.18. The molecule has 26 heavy (non-hydrogen) atoms. The average molecular weight is 355 g/mol. The molecule has 2 aromatic rings. The van der Waals surface area contributed by atoms with Crippen LogP contribution in [-0.4, -0.2) is 60.3 Å². The monoisotopic (exact) mass is 355 g/mol. The van der Waals surface area contributed by atoms with Crippen molar-refractivity contribution in [3.8, 4) is 6.01 Å². The van der Waals surface area contributed by atoms with Gasteiger partial charge in [0.05, 0.1) is 24.4 Å². The SMILES string of the molecule is COc1ncc(NC(=O)CN2C(=O)c3ccccc3C2=O)c(N(C)C)n1. The number of hydrogen-bond acceptors (Lipinski definition) is 7. The molecule has 2 heterocycles. The first kappa shape index (κ1) is 17.3. The number of nitrogens with zero attached hydrogens (tertiary/aromatic N) is 4. The average Bonchev–Trinajstić information content (AvgIpc) is 2.87. The standard InChI is InChI=1S/C17H17N5O4/c1-21(2)14-12(8-18-17(20-14)26-3)19-13(23)9-22-15(24)10-6-4-5-7-11(10)16(22)25/h4-8H,9H2,1-3H3,(H,19,23). The van der Waals surface area contributed by atoms with E-state index >= 15 is 0 Å². The van der Waals surface area contributed by atoms with Crippen LogP contribution in [0.25, 0.3) is 0 Å². The van der Waals surface area contributed by atoms with Crippen molar-refractivity contribution in [2.75, 3.05) is 38.0 Å². The first-order valence-corrected chi connectivity index (χ1v) is 7.75. The fraction of sp³-hybridized carbons (Fsp3) is 0.235. The van der Waals surface area contributed by atoms with Crippen LogP contribution in [0.3, 0.4) is 0 Å². The van der Waals surface area contributed by atoms with Crippen LogP contribution in [0, 0.1) is 0 Å². The van der Waals surface area contributed by atoms with E-state index in [-0.39, 0.29) is 6.01 Å². The molecule has 0 saturated heterocycles. The van der Waals surface area contributed by atoms with Gasteiger partial charge in [0.1, 0.15) is 12.2 Å². The van der Waals surface area contributed by atoms with E-state index in [1.54, 1.807) is 43.3 Å². The number of carbonyl (C=O) groups is 3. The summed E-state index contributed by atoms with van der Waals surface area (Å²) in [5, 5.41) is 2.63. The van der Waals surface area contributed by atoms with Crippen LogP contribution in [0.2, 0.25) is 0 Å². The Labute approximate surface area is 149 Å². The number of amides is 3. The molecule has 0 saturated carbocycles. The van der Waals surface area contributed by atoms with Gasteiger partial charge in [-0.1, -0.05) is 12.1 Å². The summed E-state index contributed by atoms with van der Waals surface area (Å²) in [4.78, 5) is 47.8. The number of carbonyl (C=O) groups excluding carboxylic acids is 3. The van der Waals surface area contributed by atoms with E-state index < -0.39 is 24.3 Å². The molecule has 0 bridgehead atoms. The van der Waals surface area contributed by atoms with Crippen LogP contribution in [-0.2, 0) is 4.79 Å². The third-order valence-electron chi connectivity index (χ3n) is 3.81. The molecule has 0 aliphatic carbocycles. The highest BCUT2D eigenvalue weighted by atomic mass is 16.5. The number of methoxy groups -OCH3 is 1. The van der Waals surface area contributed by atoms with Crippen LogP contribution >= 0.6 is 0 Å². The fourth-order valence-corrected chi connectivity index (χ4v) is 2.60. The van der Waals surface area contributed by atoms with E-state index in [2.05, 4.69) is 15.3 Å². The summed E-state index contributed by atoms with van der Waals surface area (Å²) < 4.78 is 4.98. The van der Waals surface area contributed by atoms with Gasteiger partial charge in [0, 0.05) is 14.1 Å². The van der Waals surface area contributed by atoms with Gasteiger partial charge in [-0.25, -0.2) is 4.98 Å². The summed E-state index contributed by atoms with van der Waals surface area (Å²) in [5.74, 6) is -1.07. The van der Waals surface area contributed by atoms with Crippen molar-refractivity contribution < 1.29 is 19.1 Å². The maximum absolute atomic E-state index is 12.4. The van der Waals surface area contributed by atoms with Gasteiger partial charge in [0.15, 0.2) is 5.82 Å². The summed E-state index contributed by atoms with van der Waals surface area (Å²) in [6.07, 6.45) is 1.40. The van der Waals surface area contributed by atoms with E-state index in [1.165, 1.54) is 13.3 Å².